The molecular formula is C35H60O2Si2. The van der Waals surface area contributed by atoms with Gasteiger partial charge in [-0.3, -0.25) is 0 Å². The van der Waals surface area contributed by atoms with Crippen molar-refractivity contribution in [3.8, 4) is 11.5 Å². The molecular weight excluding hydrogens is 509 g/mol. The molecule has 0 unspecified atom stereocenters. The molecule has 0 atom stereocenters. The third kappa shape index (κ3) is 9.25. The average molecular weight is 569 g/mol. The normalized spacial score (nSPS) is 14.0. The third-order valence-electron chi connectivity index (χ3n) is 6.75. The zero-order valence-corrected chi connectivity index (χ0v) is 30.8. The van der Waals surface area contributed by atoms with Crippen LogP contribution in [-0.4, -0.2) is 16.6 Å². The molecule has 2 nitrogen and oxygen atoms in total. The molecule has 4 heteroatoms. The highest BCUT2D eigenvalue weighted by molar-refractivity contribution is 6.70. The zero-order chi connectivity index (χ0) is 30.6. The van der Waals surface area contributed by atoms with Crippen molar-refractivity contribution in [1.29, 1.82) is 0 Å². The Bertz CT molecular complexity index is 1000. The van der Waals surface area contributed by atoms with Gasteiger partial charge in [0.25, 0.3) is 0 Å². The second kappa shape index (κ2) is 10.7. The summed E-state index contributed by atoms with van der Waals surface area (Å²) in [5.41, 5.74) is 7.89. The van der Waals surface area contributed by atoms with E-state index < -0.39 is 16.6 Å². The molecule has 2 aromatic rings. The van der Waals surface area contributed by atoms with Gasteiger partial charge >= 0.3 is 0 Å². The van der Waals surface area contributed by atoms with Crippen LogP contribution in [0.3, 0.4) is 0 Å². The minimum absolute atomic E-state index is 0.0207. The van der Waals surface area contributed by atoms with Crippen molar-refractivity contribution in [3.63, 3.8) is 0 Å². The molecule has 0 bridgehead atoms. The van der Waals surface area contributed by atoms with Gasteiger partial charge in [-0.1, -0.05) is 107 Å². The molecule has 2 rings (SSSR count). The van der Waals surface area contributed by atoms with Gasteiger partial charge in [0, 0.05) is 0 Å². The van der Waals surface area contributed by atoms with Crippen molar-refractivity contribution in [2.45, 2.75) is 150 Å². The van der Waals surface area contributed by atoms with Crippen LogP contribution in [0.15, 0.2) is 24.3 Å². The van der Waals surface area contributed by atoms with Crippen LogP contribution in [0, 0.1) is 0 Å². The third-order valence-corrected chi connectivity index (χ3v) is 8.39. The smallest absolute Gasteiger partial charge is 0.242 e. The summed E-state index contributed by atoms with van der Waals surface area (Å²) >= 11 is 0. The molecule has 0 heterocycles. The molecule has 0 aliphatic heterocycles. The SMILES string of the molecule is CC(C)(C)c1cc(Cc2cc(C(C)(C)C)c(O[Si](C)(C)C)c(C(C)(C)C)c2)cc(C(C)(C)C)c1O[Si](C)(C)C. The standard InChI is InChI=1S/C35H60O2Si2/c1-32(2,3)26-20-24(21-27(33(4,5)6)30(26)36-38(13,14)15)19-25-22-28(34(7,8)9)31(37-39(16,17)18)29(23-25)35(10,11)12/h20-23H,19H2,1-18H3. The van der Waals surface area contributed by atoms with Crippen molar-refractivity contribution >= 4 is 16.6 Å². The average Bonchev–Trinajstić information content (AvgIpc) is 2.64. The van der Waals surface area contributed by atoms with Gasteiger partial charge in [0.1, 0.15) is 11.5 Å². The predicted molar refractivity (Wildman–Crippen MR) is 178 cm³/mol. The lowest BCUT2D eigenvalue weighted by molar-refractivity contribution is 0.476. The van der Waals surface area contributed by atoms with Gasteiger partial charge in [-0.05, 0) is 101 Å². The van der Waals surface area contributed by atoms with Crippen LogP contribution >= 0.6 is 0 Å². The largest absolute Gasteiger partial charge is 0.544 e. The Morgan fingerprint density at radius 3 is 0.795 bits per heavy atom. The Balaban J connectivity index is 2.88. The second-order valence-corrected chi connectivity index (χ2v) is 26.5. The Hall–Kier alpha value is -1.53. The minimum atomic E-state index is -1.80. The van der Waals surface area contributed by atoms with E-state index in [4.69, 9.17) is 8.85 Å². The molecule has 0 saturated heterocycles. The van der Waals surface area contributed by atoms with E-state index in [1.54, 1.807) is 0 Å². The summed E-state index contributed by atoms with van der Waals surface area (Å²) in [7, 11) is -3.61. The van der Waals surface area contributed by atoms with E-state index in [-0.39, 0.29) is 21.7 Å². The van der Waals surface area contributed by atoms with Crippen molar-refractivity contribution in [2.24, 2.45) is 0 Å². The van der Waals surface area contributed by atoms with Gasteiger partial charge in [-0.2, -0.15) is 0 Å². The van der Waals surface area contributed by atoms with E-state index in [2.05, 4.69) is 147 Å². The summed E-state index contributed by atoms with van der Waals surface area (Å²) in [6.07, 6.45) is 0.888. The van der Waals surface area contributed by atoms with E-state index in [9.17, 15) is 0 Å². The predicted octanol–water partition coefficient (Wildman–Crippen LogP) is 10.9. The summed E-state index contributed by atoms with van der Waals surface area (Å²) in [6, 6.07) is 9.69. The monoisotopic (exact) mass is 568 g/mol. The topological polar surface area (TPSA) is 18.5 Å². The summed E-state index contributed by atoms with van der Waals surface area (Å²) in [5, 5.41) is 0. The highest BCUT2D eigenvalue weighted by Crippen LogP contribution is 2.44. The van der Waals surface area contributed by atoms with Crippen LogP contribution in [0.4, 0.5) is 0 Å². The fourth-order valence-corrected chi connectivity index (χ4v) is 6.54. The summed E-state index contributed by atoms with van der Waals surface area (Å²) in [6.45, 7) is 41.5. The van der Waals surface area contributed by atoms with Gasteiger partial charge in [-0.15, -0.1) is 0 Å². The van der Waals surface area contributed by atoms with Crippen molar-refractivity contribution in [3.05, 3.63) is 57.6 Å². The van der Waals surface area contributed by atoms with Gasteiger partial charge in [0.2, 0.25) is 16.6 Å². The molecule has 0 aliphatic carbocycles. The first-order valence-electron chi connectivity index (χ1n) is 14.8. The van der Waals surface area contributed by atoms with Crippen molar-refractivity contribution in [2.75, 3.05) is 0 Å². The summed E-state index contributed by atoms with van der Waals surface area (Å²) in [4.78, 5) is 0. The lowest BCUT2D eigenvalue weighted by atomic mass is 9.76. The van der Waals surface area contributed by atoms with Crippen LogP contribution in [-0.2, 0) is 28.1 Å². The molecule has 0 fully saturated rings. The Morgan fingerprint density at radius 2 is 0.641 bits per heavy atom. The fourth-order valence-electron chi connectivity index (χ4n) is 4.88. The van der Waals surface area contributed by atoms with Crippen molar-refractivity contribution < 1.29 is 8.85 Å². The quantitative estimate of drug-likeness (QED) is 0.323. The van der Waals surface area contributed by atoms with Crippen molar-refractivity contribution in [1.82, 2.24) is 0 Å². The molecule has 220 valence electrons. The van der Waals surface area contributed by atoms with Gasteiger partial charge in [0.15, 0.2) is 0 Å². The number of rotatable bonds is 6. The molecule has 2 aromatic carbocycles. The lowest BCUT2D eigenvalue weighted by Gasteiger charge is -2.35. The first-order chi connectivity index (χ1) is 17.1. The van der Waals surface area contributed by atoms with E-state index in [1.165, 1.54) is 33.4 Å². The maximum atomic E-state index is 6.84. The first-order valence-corrected chi connectivity index (χ1v) is 21.6. The van der Waals surface area contributed by atoms with E-state index in [0.717, 1.165) is 17.9 Å². The number of hydrogen-bond donors (Lipinski definition) is 0. The first kappa shape index (κ1) is 33.7. The van der Waals surface area contributed by atoms with E-state index in [1.807, 2.05) is 0 Å². The van der Waals surface area contributed by atoms with Gasteiger partial charge in [-0.25, -0.2) is 0 Å². The molecule has 0 N–H and O–H groups in total. The number of benzene rings is 2. The highest BCUT2D eigenvalue weighted by Gasteiger charge is 2.33. The summed E-state index contributed by atoms with van der Waals surface area (Å²) in [5.74, 6) is 2.23. The molecule has 0 aliphatic rings. The maximum absolute atomic E-state index is 6.84. The molecule has 39 heavy (non-hydrogen) atoms. The molecule has 0 spiro atoms. The Morgan fingerprint density at radius 1 is 0.436 bits per heavy atom. The van der Waals surface area contributed by atoms with Crippen LogP contribution in [0.1, 0.15) is 116 Å². The Kier molecular flexibility index (Phi) is 9.25. The van der Waals surface area contributed by atoms with Crippen LogP contribution in [0.2, 0.25) is 39.3 Å². The van der Waals surface area contributed by atoms with Crippen LogP contribution in [0.25, 0.3) is 0 Å². The highest BCUT2D eigenvalue weighted by atomic mass is 28.4. The zero-order valence-electron chi connectivity index (χ0n) is 28.8. The maximum Gasteiger partial charge on any atom is 0.242 e. The Labute approximate surface area is 244 Å². The second-order valence-electron chi connectivity index (χ2n) is 17.6. The van der Waals surface area contributed by atoms with Crippen LogP contribution in [0.5, 0.6) is 11.5 Å². The lowest BCUT2D eigenvalue weighted by Crippen LogP contribution is -2.33. The molecule has 0 aromatic heterocycles. The molecule has 0 saturated carbocycles. The van der Waals surface area contributed by atoms with E-state index in [0.29, 0.717) is 0 Å². The molecule has 0 radical (unpaired) electrons. The fraction of sp³-hybridized carbons (Fsp3) is 0.657. The van der Waals surface area contributed by atoms with E-state index >= 15 is 0 Å². The number of hydrogen-bond acceptors (Lipinski definition) is 2. The van der Waals surface area contributed by atoms with Crippen LogP contribution < -0.4 is 8.85 Å². The van der Waals surface area contributed by atoms with Gasteiger partial charge in [0.05, 0.1) is 0 Å². The molecule has 0 amide bonds. The van der Waals surface area contributed by atoms with Gasteiger partial charge < -0.3 is 8.85 Å². The minimum Gasteiger partial charge on any atom is -0.544 e. The summed E-state index contributed by atoms with van der Waals surface area (Å²) < 4.78 is 13.7.